The van der Waals surface area contributed by atoms with Crippen LogP contribution in [0.1, 0.15) is 37.0 Å². The van der Waals surface area contributed by atoms with Gasteiger partial charge in [0, 0.05) is 36.5 Å². The summed E-state index contributed by atoms with van der Waals surface area (Å²) in [6, 6.07) is 7.40. The van der Waals surface area contributed by atoms with Crippen LogP contribution in [0.2, 0.25) is 0 Å². The van der Waals surface area contributed by atoms with Crippen LogP contribution in [0, 0.1) is 0 Å². The van der Waals surface area contributed by atoms with Crippen molar-refractivity contribution in [3.63, 3.8) is 0 Å². The van der Waals surface area contributed by atoms with Crippen LogP contribution in [0.25, 0.3) is 10.9 Å². The zero-order chi connectivity index (χ0) is 19.2. The summed E-state index contributed by atoms with van der Waals surface area (Å²) in [6.07, 6.45) is 2.60. The number of aromatic nitrogens is 1. The lowest BCUT2D eigenvalue weighted by Gasteiger charge is -2.39. The maximum atomic E-state index is 12.9. The molecule has 1 N–H and O–H groups in total. The van der Waals surface area contributed by atoms with E-state index in [0.717, 1.165) is 0 Å². The molecule has 2 aliphatic rings. The number of nitrogens with zero attached hydrogens (tertiary/aromatic N) is 1. The summed E-state index contributed by atoms with van der Waals surface area (Å²) in [5.41, 5.74) is 0.781. The summed E-state index contributed by atoms with van der Waals surface area (Å²) in [5, 5.41) is 3.45. The average Bonchev–Trinajstić information content (AvgIpc) is 3.02. The maximum Gasteiger partial charge on any atom is 0.340 e. The summed E-state index contributed by atoms with van der Waals surface area (Å²) < 4.78 is 37.9. The smallest absolute Gasteiger partial charge is 0.340 e. The lowest BCUT2D eigenvalue weighted by atomic mass is 9.94. The highest BCUT2D eigenvalue weighted by Crippen LogP contribution is 2.27. The van der Waals surface area contributed by atoms with Gasteiger partial charge in [-0.25, -0.2) is 17.2 Å². The highest BCUT2D eigenvalue weighted by atomic mass is 32.2. The van der Waals surface area contributed by atoms with Crippen molar-refractivity contribution in [2.45, 2.75) is 50.1 Å². The van der Waals surface area contributed by atoms with E-state index in [2.05, 4.69) is 5.32 Å². The van der Waals surface area contributed by atoms with E-state index in [9.17, 15) is 13.2 Å². The molecule has 2 aromatic rings. The number of rotatable bonds is 4. The van der Waals surface area contributed by atoms with Gasteiger partial charge >= 0.3 is 5.97 Å². The average molecular weight is 392 g/mol. The number of para-hydroxylation sites is 1. The van der Waals surface area contributed by atoms with Crippen molar-refractivity contribution in [1.82, 2.24) is 9.29 Å². The zero-order valence-electron chi connectivity index (χ0n) is 15.4. The van der Waals surface area contributed by atoms with Gasteiger partial charge in [-0.05, 0) is 19.9 Å². The van der Waals surface area contributed by atoms with Crippen LogP contribution < -0.4 is 5.32 Å². The molecular weight excluding hydrogens is 368 g/mol. The molecule has 2 aliphatic heterocycles. The van der Waals surface area contributed by atoms with Crippen molar-refractivity contribution in [2.75, 3.05) is 13.2 Å². The molecule has 146 valence electrons. The second-order valence-electron chi connectivity index (χ2n) is 7.55. The Labute approximate surface area is 158 Å². The van der Waals surface area contributed by atoms with Crippen molar-refractivity contribution in [3.8, 4) is 0 Å². The monoisotopic (exact) mass is 392 g/mol. The van der Waals surface area contributed by atoms with E-state index >= 15 is 0 Å². The number of hydrogen-bond acceptors (Lipinski definition) is 6. The molecule has 4 rings (SSSR count). The van der Waals surface area contributed by atoms with Crippen molar-refractivity contribution in [1.29, 1.82) is 0 Å². The Hall–Kier alpha value is -1.90. The lowest BCUT2D eigenvalue weighted by molar-refractivity contribution is -0.0339. The molecule has 0 aliphatic carbocycles. The molecule has 8 heteroatoms. The molecule has 0 saturated carbocycles. The Kier molecular flexibility index (Phi) is 4.73. The van der Waals surface area contributed by atoms with E-state index in [-0.39, 0.29) is 23.8 Å². The Bertz CT molecular complexity index is 954. The second kappa shape index (κ2) is 6.92. The molecule has 27 heavy (non-hydrogen) atoms. The van der Waals surface area contributed by atoms with Crippen LogP contribution in [0.3, 0.4) is 0 Å². The van der Waals surface area contributed by atoms with Gasteiger partial charge in [0.25, 0.3) is 0 Å². The highest BCUT2D eigenvalue weighted by molar-refractivity contribution is 7.90. The summed E-state index contributed by atoms with van der Waals surface area (Å²) >= 11 is 0. The minimum atomic E-state index is -3.58. The Morgan fingerprint density at radius 2 is 1.89 bits per heavy atom. The fourth-order valence-corrected chi connectivity index (χ4v) is 4.99. The van der Waals surface area contributed by atoms with Gasteiger partial charge in [0.1, 0.15) is 6.10 Å². The number of piperidine rings is 1. The first kappa shape index (κ1) is 18.5. The lowest BCUT2D eigenvalue weighted by Crippen LogP contribution is -2.56. The van der Waals surface area contributed by atoms with Crippen LogP contribution in [-0.4, -0.2) is 55.0 Å². The van der Waals surface area contributed by atoms with Gasteiger partial charge in [-0.2, -0.15) is 0 Å². The SMILES string of the molecule is CC(C)S(=O)(=O)n1cc(C(=O)OC2C[C@H]3COC[C@@H](C2)N3)c2ccccc21. The molecule has 1 unspecified atom stereocenters. The van der Waals surface area contributed by atoms with Gasteiger partial charge in [-0.15, -0.1) is 0 Å². The van der Waals surface area contributed by atoms with E-state index < -0.39 is 21.2 Å². The summed E-state index contributed by atoms with van der Waals surface area (Å²) in [5.74, 6) is -0.477. The number of nitrogens with one attached hydrogen (secondary N) is 1. The van der Waals surface area contributed by atoms with Crippen molar-refractivity contribution in [2.24, 2.45) is 0 Å². The number of fused-ring (bicyclic) bond motifs is 3. The first-order valence-electron chi connectivity index (χ1n) is 9.25. The van der Waals surface area contributed by atoms with E-state index in [1.165, 1.54) is 10.2 Å². The molecule has 1 aromatic carbocycles. The first-order chi connectivity index (χ1) is 12.9. The molecule has 0 spiro atoms. The van der Waals surface area contributed by atoms with Crippen LogP contribution in [0.15, 0.2) is 30.5 Å². The summed E-state index contributed by atoms with van der Waals surface area (Å²) in [6.45, 7) is 4.49. The van der Waals surface area contributed by atoms with E-state index in [0.29, 0.717) is 37.0 Å². The molecule has 7 nitrogen and oxygen atoms in total. The Morgan fingerprint density at radius 3 is 2.56 bits per heavy atom. The van der Waals surface area contributed by atoms with Gasteiger partial charge in [-0.3, -0.25) is 0 Å². The van der Waals surface area contributed by atoms with E-state index in [1.54, 1.807) is 38.1 Å². The van der Waals surface area contributed by atoms with Crippen molar-refractivity contribution in [3.05, 3.63) is 36.0 Å². The molecule has 0 radical (unpaired) electrons. The summed E-state index contributed by atoms with van der Waals surface area (Å²) in [7, 11) is -3.58. The van der Waals surface area contributed by atoms with Crippen LogP contribution in [0.4, 0.5) is 0 Å². The normalized spacial score (nSPS) is 25.7. The largest absolute Gasteiger partial charge is 0.459 e. The molecule has 2 bridgehead atoms. The number of hydrogen-bond donors (Lipinski definition) is 1. The number of benzene rings is 1. The summed E-state index contributed by atoms with van der Waals surface area (Å²) in [4.78, 5) is 12.9. The molecule has 2 saturated heterocycles. The van der Waals surface area contributed by atoms with E-state index in [1.807, 2.05) is 0 Å². The first-order valence-corrected chi connectivity index (χ1v) is 10.8. The van der Waals surface area contributed by atoms with Gasteiger partial charge < -0.3 is 14.8 Å². The third kappa shape index (κ3) is 3.37. The Morgan fingerprint density at radius 1 is 1.22 bits per heavy atom. The minimum Gasteiger partial charge on any atom is -0.459 e. The minimum absolute atomic E-state index is 0.193. The molecule has 2 fully saturated rings. The quantitative estimate of drug-likeness (QED) is 0.800. The number of esters is 1. The Balaban J connectivity index is 1.64. The fourth-order valence-electron chi connectivity index (χ4n) is 3.85. The standard InChI is InChI=1S/C19H24N2O5S/c1-12(2)27(23,24)21-9-17(16-5-3-4-6-18(16)21)19(22)26-15-7-13-10-25-11-14(8-15)20-13/h3-6,9,12-15,20H,7-8,10-11H2,1-2H3/t13-,14+,15?. The van der Waals surface area contributed by atoms with Crippen LogP contribution in [-0.2, 0) is 19.5 Å². The number of ether oxygens (including phenoxy) is 2. The van der Waals surface area contributed by atoms with Crippen molar-refractivity contribution < 1.29 is 22.7 Å². The fraction of sp³-hybridized carbons (Fsp3) is 0.526. The van der Waals surface area contributed by atoms with Crippen molar-refractivity contribution >= 4 is 26.9 Å². The maximum absolute atomic E-state index is 12.9. The van der Waals surface area contributed by atoms with Crippen LogP contribution in [0.5, 0.6) is 0 Å². The van der Waals surface area contributed by atoms with Gasteiger partial charge in [-0.1, -0.05) is 18.2 Å². The van der Waals surface area contributed by atoms with Gasteiger partial charge in [0.05, 0.1) is 29.5 Å². The third-order valence-corrected chi connectivity index (χ3v) is 7.29. The predicted molar refractivity (Wildman–Crippen MR) is 101 cm³/mol. The third-order valence-electron chi connectivity index (χ3n) is 5.25. The molecule has 3 heterocycles. The number of carbonyl (C=O) groups is 1. The molecular formula is C19H24N2O5S. The predicted octanol–water partition coefficient (Wildman–Crippen LogP) is 1.90. The topological polar surface area (TPSA) is 86.6 Å². The number of morpholine rings is 1. The van der Waals surface area contributed by atoms with Gasteiger partial charge in [0.15, 0.2) is 0 Å². The second-order valence-corrected chi connectivity index (χ2v) is 9.91. The molecule has 0 amide bonds. The zero-order valence-corrected chi connectivity index (χ0v) is 16.2. The molecule has 1 aromatic heterocycles. The van der Waals surface area contributed by atoms with Gasteiger partial charge in [0.2, 0.25) is 10.0 Å². The van der Waals surface area contributed by atoms with E-state index in [4.69, 9.17) is 9.47 Å². The van der Waals surface area contributed by atoms with Crippen LogP contribution >= 0.6 is 0 Å². The number of carbonyl (C=O) groups excluding carboxylic acids is 1. The highest BCUT2D eigenvalue weighted by Gasteiger charge is 2.34. The molecule has 3 atom stereocenters.